The first kappa shape index (κ1) is 13.7. The molecule has 110 valence electrons. The third-order valence-corrected chi connectivity index (χ3v) is 3.42. The maximum absolute atomic E-state index is 4.52. The van der Waals surface area contributed by atoms with E-state index in [9.17, 15) is 0 Å². The van der Waals surface area contributed by atoms with Crippen molar-refractivity contribution in [3.63, 3.8) is 0 Å². The summed E-state index contributed by atoms with van der Waals surface area (Å²) >= 11 is 0. The Hall–Kier alpha value is -2.30. The molecule has 0 spiro atoms. The van der Waals surface area contributed by atoms with Crippen LogP contribution in [0.15, 0.2) is 30.3 Å². The van der Waals surface area contributed by atoms with Crippen LogP contribution in [0.4, 0.5) is 23.1 Å². The number of anilines is 4. The molecule has 0 saturated heterocycles. The molecule has 0 radical (unpaired) electrons. The van der Waals surface area contributed by atoms with Crippen LogP contribution in [0.3, 0.4) is 0 Å². The summed E-state index contributed by atoms with van der Waals surface area (Å²) in [4.78, 5) is 11.0. The topological polar surface area (TPSA) is 53.1 Å². The number of rotatable bonds is 5. The number of benzene rings is 1. The van der Waals surface area contributed by atoms with E-state index < -0.39 is 0 Å². The number of hydrogen-bond acceptors (Lipinski definition) is 5. The van der Waals surface area contributed by atoms with Crippen molar-refractivity contribution < 1.29 is 0 Å². The molecule has 0 bridgehead atoms. The SMILES string of the molecule is Cc1cc(Nc2ccc(N(C)C)cc2)nc(NC2CC2)n1. The van der Waals surface area contributed by atoms with Gasteiger partial charge < -0.3 is 15.5 Å². The van der Waals surface area contributed by atoms with E-state index in [2.05, 4.69) is 49.8 Å². The van der Waals surface area contributed by atoms with E-state index in [1.165, 1.54) is 18.5 Å². The summed E-state index contributed by atoms with van der Waals surface area (Å²) in [7, 11) is 4.07. The average Bonchev–Trinajstić information content (AvgIpc) is 3.22. The second kappa shape index (κ2) is 5.60. The third kappa shape index (κ3) is 3.62. The molecule has 1 fully saturated rings. The summed E-state index contributed by atoms with van der Waals surface area (Å²) in [6.07, 6.45) is 2.43. The Morgan fingerprint density at radius 3 is 2.43 bits per heavy atom. The van der Waals surface area contributed by atoms with Crippen LogP contribution >= 0.6 is 0 Å². The molecule has 0 aliphatic heterocycles. The van der Waals surface area contributed by atoms with Crippen LogP contribution in [-0.4, -0.2) is 30.1 Å². The predicted molar refractivity (Wildman–Crippen MR) is 87.5 cm³/mol. The summed E-state index contributed by atoms with van der Waals surface area (Å²) in [5.41, 5.74) is 3.16. The molecular weight excluding hydrogens is 262 g/mol. The Morgan fingerprint density at radius 2 is 1.81 bits per heavy atom. The summed E-state index contributed by atoms with van der Waals surface area (Å²) in [5, 5.41) is 6.67. The van der Waals surface area contributed by atoms with Crippen molar-refractivity contribution in [3.05, 3.63) is 36.0 Å². The van der Waals surface area contributed by atoms with E-state index in [4.69, 9.17) is 0 Å². The van der Waals surface area contributed by atoms with Crippen molar-refractivity contribution in [2.45, 2.75) is 25.8 Å². The lowest BCUT2D eigenvalue weighted by Crippen LogP contribution is -2.09. The Morgan fingerprint density at radius 1 is 1.10 bits per heavy atom. The summed E-state index contributed by atoms with van der Waals surface area (Å²) < 4.78 is 0. The summed E-state index contributed by atoms with van der Waals surface area (Å²) in [6.45, 7) is 1.99. The van der Waals surface area contributed by atoms with Crippen LogP contribution in [0.25, 0.3) is 0 Å². The van der Waals surface area contributed by atoms with E-state index in [1.807, 2.05) is 27.1 Å². The van der Waals surface area contributed by atoms with E-state index >= 15 is 0 Å². The van der Waals surface area contributed by atoms with Gasteiger partial charge in [-0.05, 0) is 44.0 Å². The lowest BCUT2D eigenvalue weighted by atomic mass is 10.2. The van der Waals surface area contributed by atoms with Gasteiger partial charge in [-0.3, -0.25) is 0 Å². The average molecular weight is 283 g/mol. The monoisotopic (exact) mass is 283 g/mol. The van der Waals surface area contributed by atoms with Crippen LogP contribution in [0.5, 0.6) is 0 Å². The van der Waals surface area contributed by atoms with Crippen molar-refractivity contribution in [3.8, 4) is 0 Å². The van der Waals surface area contributed by atoms with Crippen LogP contribution < -0.4 is 15.5 Å². The Labute approximate surface area is 125 Å². The second-order valence-electron chi connectivity index (χ2n) is 5.70. The molecule has 3 rings (SSSR count). The van der Waals surface area contributed by atoms with Crippen molar-refractivity contribution in [1.82, 2.24) is 9.97 Å². The van der Waals surface area contributed by atoms with Gasteiger partial charge in [0.1, 0.15) is 5.82 Å². The van der Waals surface area contributed by atoms with Gasteiger partial charge >= 0.3 is 0 Å². The van der Waals surface area contributed by atoms with Gasteiger partial charge in [0.05, 0.1) is 0 Å². The Balaban J connectivity index is 1.75. The van der Waals surface area contributed by atoms with Gasteiger partial charge in [0.25, 0.3) is 0 Å². The molecule has 21 heavy (non-hydrogen) atoms. The fourth-order valence-corrected chi connectivity index (χ4v) is 2.10. The first-order valence-electron chi connectivity index (χ1n) is 7.27. The molecule has 1 aliphatic rings. The third-order valence-electron chi connectivity index (χ3n) is 3.42. The van der Waals surface area contributed by atoms with Gasteiger partial charge in [-0.15, -0.1) is 0 Å². The number of aryl methyl sites for hydroxylation is 1. The standard InChI is InChI=1S/C16H21N5/c1-11-10-15(20-16(17-11)19-13-4-5-13)18-12-6-8-14(9-7-12)21(2)3/h6-10,13H,4-5H2,1-3H3,(H2,17,18,19,20). The minimum Gasteiger partial charge on any atom is -0.378 e. The minimum absolute atomic E-state index is 0.555. The Kier molecular flexibility index (Phi) is 3.64. The van der Waals surface area contributed by atoms with E-state index in [0.29, 0.717) is 12.0 Å². The van der Waals surface area contributed by atoms with E-state index in [1.54, 1.807) is 0 Å². The van der Waals surface area contributed by atoms with Crippen molar-refractivity contribution in [2.75, 3.05) is 29.6 Å². The van der Waals surface area contributed by atoms with Crippen LogP contribution in [-0.2, 0) is 0 Å². The largest absolute Gasteiger partial charge is 0.378 e. The smallest absolute Gasteiger partial charge is 0.225 e. The lowest BCUT2D eigenvalue weighted by molar-refractivity contribution is 1.03. The fourth-order valence-electron chi connectivity index (χ4n) is 2.10. The molecule has 1 aromatic carbocycles. The van der Waals surface area contributed by atoms with E-state index in [-0.39, 0.29) is 0 Å². The zero-order valence-corrected chi connectivity index (χ0v) is 12.7. The second-order valence-corrected chi connectivity index (χ2v) is 5.70. The zero-order valence-electron chi connectivity index (χ0n) is 12.7. The first-order chi connectivity index (χ1) is 10.1. The molecule has 1 aliphatic carbocycles. The highest BCUT2D eigenvalue weighted by atomic mass is 15.2. The fraction of sp³-hybridized carbons (Fsp3) is 0.375. The maximum atomic E-state index is 4.52. The van der Waals surface area contributed by atoms with Gasteiger partial charge in [-0.25, -0.2) is 4.98 Å². The quantitative estimate of drug-likeness (QED) is 0.882. The van der Waals surface area contributed by atoms with Crippen LogP contribution in [0.2, 0.25) is 0 Å². The highest BCUT2D eigenvalue weighted by Crippen LogP contribution is 2.24. The van der Waals surface area contributed by atoms with Crippen LogP contribution in [0, 0.1) is 6.92 Å². The number of aromatic nitrogens is 2. The first-order valence-corrected chi connectivity index (χ1v) is 7.27. The molecule has 2 aromatic rings. The molecule has 0 amide bonds. The number of nitrogens with zero attached hydrogens (tertiary/aromatic N) is 3. The minimum atomic E-state index is 0.555. The van der Waals surface area contributed by atoms with Gasteiger partial charge in [0, 0.05) is 43.3 Å². The number of hydrogen-bond donors (Lipinski definition) is 2. The molecular formula is C16H21N5. The molecule has 1 heterocycles. The lowest BCUT2D eigenvalue weighted by Gasteiger charge is -2.13. The van der Waals surface area contributed by atoms with Gasteiger partial charge in [-0.2, -0.15) is 4.98 Å². The Bertz CT molecular complexity index is 617. The molecule has 0 atom stereocenters. The number of nitrogens with one attached hydrogen (secondary N) is 2. The molecule has 1 aromatic heterocycles. The molecule has 5 heteroatoms. The maximum Gasteiger partial charge on any atom is 0.225 e. The highest BCUT2D eigenvalue weighted by Gasteiger charge is 2.22. The van der Waals surface area contributed by atoms with Crippen molar-refractivity contribution >= 4 is 23.1 Å². The molecule has 5 nitrogen and oxygen atoms in total. The van der Waals surface area contributed by atoms with Crippen molar-refractivity contribution in [1.29, 1.82) is 0 Å². The van der Waals surface area contributed by atoms with Crippen LogP contribution in [0.1, 0.15) is 18.5 Å². The summed E-state index contributed by atoms with van der Waals surface area (Å²) in [6, 6.07) is 10.8. The van der Waals surface area contributed by atoms with Gasteiger partial charge in [0.15, 0.2) is 0 Å². The van der Waals surface area contributed by atoms with E-state index in [0.717, 1.165) is 17.2 Å². The highest BCUT2D eigenvalue weighted by molar-refractivity contribution is 5.61. The molecule has 0 unspecified atom stereocenters. The van der Waals surface area contributed by atoms with Gasteiger partial charge in [0.2, 0.25) is 5.95 Å². The van der Waals surface area contributed by atoms with Gasteiger partial charge in [-0.1, -0.05) is 0 Å². The summed E-state index contributed by atoms with van der Waals surface area (Å²) in [5.74, 6) is 1.54. The zero-order chi connectivity index (χ0) is 14.8. The molecule has 2 N–H and O–H groups in total. The normalized spacial score (nSPS) is 13.9. The molecule has 1 saturated carbocycles. The predicted octanol–water partition coefficient (Wildman–Crippen LogP) is 3.17. The van der Waals surface area contributed by atoms with Crippen molar-refractivity contribution in [2.24, 2.45) is 0 Å².